The van der Waals surface area contributed by atoms with E-state index in [9.17, 15) is 0 Å². The van der Waals surface area contributed by atoms with Crippen molar-refractivity contribution in [3.63, 3.8) is 0 Å². The van der Waals surface area contributed by atoms with Crippen molar-refractivity contribution < 1.29 is 0 Å². The molecule has 0 fully saturated rings. The summed E-state index contributed by atoms with van der Waals surface area (Å²) in [5, 5.41) is 0. The van der Waals surface area contributed by atoms with Gasteiger partial charge in [0.15, 0.2) is 0 Å². The Morgan fingerprint density at radius 2 is 2.20 bits per heavy atom. The quantitative estimate of drug-likeness (QED) is 0.829. The molecule has 0 aliphatic heterocycles. The van der Waals surface area contributed by atoms with Crippen molar-refractivity contribution in [2.24, 2.45) is 7.05 Å². The molecule has 2 aromatic rings. The zero-order chi connectivity index (χ0) is 10.8. The molecule has 2 nitrogen and oxygen atoms in total. The Labute approximate surface area is 98.4 Å². The maximum absolute atomic E-state index is 4.64. The van der Waals surface area contributed by atoms with E-state index in [1.54, 1.807) is 0 Å². The van der Waals surface area contributed by atoms with Crippen molar-refractivity contribution in [3.05, 3.63) is 28.5 Å². The summed E-state index contributed by atoms with van der Waals surface area (Å²) in [6.07, 6.45) is 3.49. The van der Waals surface area contributed by atoms with Gasteiger partial charge in [0, 0.05) is 17.9 Å². The van der Waals surface area contributed by atoms with Gasteiger partial charge in [-0.2, -0.15) is 0 Å². The van der Waals surface area contributed by atoms with E-state index in [4.69, 9.17) is 0 Å². The molecule has 1 heterocycles. The SMILES string of the molecule is CCCCc1nc2cc(Br)ccc2n1C. The number of fused-ring (bicyclic) bond motifs is 1. The van der Waals surface area contributed by atoms with E-state index in [1.165, 1.54) is 24.2 Å². The molecule has 0 spiro atoms. The molecule has 80 valence electrons. The van der Waals surface area contributed by atoms with Crippen LogP contribution in [0.4, 0.5) is 0 Å². The van der Waals surface area contributed by atoms with E-state index in [1.807, 2.05) is 0 Å². The van der Waals surface area contributed by atoms with Crippen LogP contribution in [0, 0.1) is 0 Å². The van der Waals surface area contributed by atoms with E-state index < -0.39 is 0 Å². The second-order valence-corrected chi connectivity index (χ2v) is 4.74. The molecular formula is C12H15BrN2. The largest absolute Gasteiger partial charge is 0.331 e. The molecule has 1 aromatic heterocycles. The highest BCUT2D eigenvalue weighted by Gasteiger charge is 2.06. The summed E-state index contributed by atoms with van der Waals surface area (Å²) in [5.74, 6) is 1.19. The fourth-order valence-electron chi connectivity index (χ4n) is 1.78. The Kier molecular flexibility index (Phi) is 3.10. The molecular weight excluding hydrogens is 252 g/mol. The van der Waals surface area contributed by atoms with Gasteiger partial charge >= 0.3 is 0 Å². The Morgan fingerprint density at radius 3 is 2.93 bits per heavy atom. The minimum Gasteiger partial charge on any atom is -0.331 e. The zero-order valence-electron chi connectivity index (χ0n) is 9.13. The molecule has 0 aliphatic rings. The molecule has 3 heteroatoms. The fourth-order valence-corrected chi connectivity index (χ4v) is 2.13. The lowest BCUT2D eigenvalue weighted by Crippen LogP contribution is -1.97. The maximum atomic E-state index is 4.64. The van der Waals surface area contributed by atoms with E-state index in [2.05, 4.69) is 57.7 Å². The Bertz CT molecular complexity index is 474. The Balaban J connectivity index is 2.44. The lowest BCUT2D eigenvalue weighted by molar-refractivity contribution is 0.720. The smallest absolute Gasteiger partial charge is 0.109 e. The fraction of sp³-hybridized carbons (Fsp3) is 0.417. The number of halogens is 1. The number of hydrogen-bond acceptors (Lipinski definition) is 1. The van der Waals surface area contributed by atoms with Gasteiger partial charge in [0.2, 0.25) is 0 Å². The van der Waals surface area contributed by atoms with Gasteiger partial charge in [-0.25, -0.2) is 4.98 Å². The molecule has 2 rings (SSSR count). The summed E-state index contributed by atoms with van der Waals surface area (Å²) >= 11 is 3.47. The van der Waals surface area contributed by atoms with Gasteiger partial charge in [0.1, 0.15) is 5.82 Å². The highest BCUT2D eigenvalue weighted by Crippen LogP contribution is 2.20. The first-order valence-electron chi connectivity index (χ1n) is 5.33. The minimum absolute atomic E-state index is 1.07. The van der Waals surface area contributed by atoms with Crippen molar-refractivity contribution in [2.45, 2.75) is 26.2 Å². The van der Waals surface area contributed by atoms with Crippen LogP contribution in [-0.4, -0.2) is 9.55 Å². The van der Waals surface area contributed by atoms with Gasteiger partial charge in [-0.05, 0) is 24.6 Å². The second kappa shape index (κ2) is 4.35. The van der Waals surface area contributed by atoms with Crippen LogP contribution < -0.4 is 0 Å². The van der Waals surface area contributed by atoms with E-state index in [0.29, 0.717) is 0 Å². The molecule has 0 N–H and O–H groups in total. The van der Waals surface area contributed by atoms with Crippen LogP contribution in [0.15, 0.2) is 22.7 Å². The monoisotopic (exact) mass is 266 g/mol. The number of imidazole rings is 1. The summed E-state index contributed by atoms with van der Waals surface area (Å²) in [4.78, 5) is 4.64. The van der Waals surface area contributed by atoms with Gasteiger partial charge in [-0.3, -0.25) is 0 Å². The normalized spacial score (nSPS) is 11.1. The highest BCUT2D eigenvalue weighted by molar-refractivity contribution is 9.10. The summed E-state index contributed by atoms with van der Waals surface area (Å²) in [6, 6.07) is 6.25. The number of benzene rings is 1. The third-order valence-electron chi connectivity index (χ3n) is 2.69. The Hall–Kier alpha value is -0.830. The van der Waals surface area contributed by atoms with Crippen LogP contribution in [-0.2, 0) is 13.5 Å². The maximum Gasteiger partial charge on any atom is 0.109 e. The van der Waals surface area contributed by atoms with Crippen LogP contribution in [0.5, 0.6) is 0 Å². The number of unbranched alkanes of at least 4 members (excludes halogenated alkanes) is 1. The summed E-state index contributed by atoms with van der Waals surface area (Å²) in [5.41, 5.74) is 2.29. The third kappa shape index (κ3) is 2.07. The van der Waals surface area contributed by atoms with Crippen molar-refractivity contribution in [1.82, 2.24) is 9.55 Å². The summed E-state index contributed by atoms with van der Waals surface area (Å²) < 4.78 is 3.28. The average molecular weight is 267 g/mol. The number of nitrogens with zero attached hydrogens (tertiary/aromatic N) is 2. The van der Waals surface area contributed by atoms with Crippen LogP contribution in [0.3, 0.4) is 0 Å². The first-order valence-corrected chi connectivity index (χ1v) is 6.12. The Morgan fingerprint density at radius 1 is 1.40 bits per heavy atom. The van der Waals surface area contributed by atoms with E-state index in [0.717, 1.165) is 16.4 Å². The van der Waals surface area contributed by atoms with E-state index >= 15 is 0 Å². The summed E-state index contributed by atoms with van der Waals surface area (Å²) in [6.45, 7) is 2.21. The van der Waals surface area contributed by atoms with Gasteiger partial charge in [-0.1, -0.05) is 29.3 Å². The number of rotatable bonds is 3. The summed E-state index contributed by atoms with van der Waals surface area (Å²) in [7, 11) is 2.09. The lowest BCUT2D eigenvalue weighted by Gasteiger charge is -2.00. The molecule has 0 atom stereocenters. The molecule has 0 amide bonds. The minimum atomic E-state index is 1.07. The van der Waals surface area contributed by atoms with Crippen molar-refractivity contribution in [3.8, 4) is 0 Å². The third-order valence-corrected chi connectivity index (χ3v) is 3.18. The van der Waals surface area contributed by atoms with Crippen molar-refractivity contribution >= 4 is 27.0 Å². The van der Waals surface area contributed by atoms with Gasteiger partial charge < -0.3 is 4.57 Å². The molecule has 0 saturated heterocycles. The topological polar surface area (TPSA) is 17.8 Å². The van der Waals surface area contributed by atoms with Crippen LogP contribution >= 0.6 is 15.9 Å². The molecule has 0 bridgehead atoms. The van der Waals surface area contributed by atoms with Gasteiger partial charge in [0.05, 0.1) is 11.0 Å². The molecule has 0 unspecified atom stereocenters. The first kappa shape index (κ1) is 10.7. The van der Waals surface area contributed by atoms with Crippen LogP contribution in [0.1, 0.15) is 25.6 Å². The number of aromatic nitrogens is 2. The standard InChI is InChI=1S/C12H15BrN2/c1-3-4-5-12-14-10-8-9(13)6-7-11(10)15(12)2/h6-8H,3-5H2,1-2H3. The van der Waals surface area contributed by atoms with Crippen molar-refractivity contribution in [2.75, 3.05) is 0 Å². The van der Waals surface area contributed by atoms with Gasteiger partial charge in [0.25, 0.3) is 0 Å². The lowest BCUT2D eigenvalue weighted by atomic mass is 10.2. The van der Waals surface area contributed by atoms with Crippen LogP contribution in [0.25, 0.3) is 11.0 Å². The highest BCUT2D eigenvalue weighted by atomic mass is 79.9. The average Bonchev–Trinajstić information content (AvgIpc) is 2.52. The molecule has 0 aliphatic carbocycles. The molecule has 0 radical (unpaired) electrons. The van der Waals surface area contributed by atoms with Crippen LogP contribution in [0.2, 0.25) is 0 Å². The van der Waals surface area contributed by atoms with Gasteiger partial charge in [-0.15, -0.1) is 0 Å². The number of aryl methyl sites for hydroxylation is 2. The zero-order valence-corrected chi connectivity index (χ0v) is 10.7. The second-order valence-electron chi connectivity index (χ2n) is 3.82. The first-order chi connectivity index (χ1) is 7.22. The predicted molar refractivity (Wildman–Crippen MR) is 67.0 cm³/mol. The van der Waals surface area contributed by atoms with E-state index in [-0.39, 0.29) is 0 Å². The van der Waals surface area contributed by atoms with Crippen molar-refractivity contribution in [1.29, 1.82) is 0 Å². The molecule has 0 saturated carbocycles. The molecule has 1 aromatic carbocycles. The molecule has 15 heavy (non-hydrogen) atoms. The predicted octanol–water partition coefficient (Wildman–Crippen LogP) is 3.68. The number of hydrogen-bond donors (Lipinski definition) is 0.